The number of aromatic nitrogens is 1. The van der Waals surface area contributed by atoms with E-state index in [0.717, 1.165) is 6.04 Å². The third kappa shape index (κ3) is 2.60. The number of rotatable bonds is 2. The Morgan fingerprint density at radius 2 is 2.10 bits per heavy atom. The molecular formula is C17H23N3S. The Bertz CT molecular complexity index is 630. The number of benzene rings is 1. The molecule has 0 amide bonds. The van der Waals surface area contributed by atoms with Crippen LogP contribution in [0.25, 0.3) is 10.2 Å². The summed E-state index contributed by atoms with van der Waals surface area (Å²) in [5.74, 6) is 0. The van der Waals surface area contributed by atoms with Crippen molar-refractivity contribution in [3.05, 3.63) is 28.8 Å². The van der Waals surface area contributed by atoms with Crippen LogP contribution in [0.4, 0.5) is 0 Å². The molecule has 21 heavy (non-hydrogen) atoms. The first-order chi connectivity index (χ1) is 10.3. The first-order valence-corrected chi connectivity index (χ1v) is 8.96. The summed E-state index contributed by atoms with van der Waals surface area (Å²) in [6.07, 6.45) is 5.19. The molecule has 2 aromatic rings. The molecule has 4 heteroatoms. The summed E-state index contributed by atoms with van der Waals surface area (Å²) in [5, 5.41) is 4.82. The Labute approximate surface area is 130 Å². The lowest BCUT2D eigenvalue weighted by molar-refractivity contribution is 0.148. The fraction of sp³-hybridized carbons (Fsp3) is 0.588. The number of piperidine rings is 1. The smallest absolute Gasteiger partial charge is 0.111 e. The minimum absolute atomic E-state index is 0.561. The Morgan fingerprint density at radius 1 is 1.24 bits per heavy atom. The summed E-state index contributed by atoms with van der Waals surface area (Å²) in [6.45, 7) is 5.76. The molecule has 2 saturated heterocycles. The van der Waals surface area contributed by atoms with Gasteiger partial charge in [-0.05, 0) is 69.9 Å². The lowest BCUT2D eigenvalue weighted by Gasteiger charge is -2.35. The number of nitrogens with one attached hydrogen (secondary N) is 1. The molecular weight excluding hydrogens is 278 g/mol. The highest BCUT2D eigenvalue weighted by Crippen LogP contribution is 2.39. The Kier molecular flexibility index (Phi) is 3.69. The van der Waals surface area contributed by atoms with E-state index in [-0.39, 0.29) is 0 Å². The predicted octanol–water partition coefficient (Wildman–Crippen LogP) is 3.49. The van der Waals surface area contributed by atoms with Crippen LogP contribution in [0.2, 0.25) is 0 Å². The molecule has 1 aromatic carbocycles. The lowest BCUT2D eigenvalue weighted by atomic mass is 10.0. The van der Waals surface area contributed by atoms with Crippen LogP contribution in [0.3, 0.4) is 0 Å². The van der Waals surface area contributed by atoms with Gasteiger partial charge in [0.1, 0.15) is 5.01 Å². The highest BCUT2D eigenvalue weighted by atomic mass is 32.1. The van der Waals surface area contributed by atoms with Crippen molar-refractivity contribution in [2.75, 3.05) is 19.6 Å². The van der Waals surface area contributed by atoms with E-state index >= 15 is 0 Å². The van der Waals surface area contributed by atoms with Crippen LogP contribution in [-0.4, -0.2) is 35.6 Å². The van der Waals surface area contributed by atoms with Crippen molar-refractivity contribution >= 4 is 21.6 Å². The average molecular weight is 301 g/mol. The standard InChI is InChI=1S/C17H23N3S/c1-12-4-5-14-16(11-12)21-17(19-14)15-3-2-10-20(15)13-6-8-18-9-7-13/h4-5,11,13,15,18H,2-3,6-10H2,1H3. The molecule has 112 valence electrons. The van der Waals surface area contributed by atoms with E-state index in [1.165, 1.54) is 66.1 Å². The summed E-state index contributed by atoms with van der Waals surface area (Å²) in [5.41, 5.74) is 2.51. The molecule has 0 aliphatic carbocycles. The third-order valence-electron chi connectivity index (χ3n) is 4.92. The van der Waals surface area contributed by atoms with Crippen molar-refractivity contribution in [1.29, 1.82) is 0 Å². The van der Waals surface area contributed by atoms with Gasteiger partial charge < -0.3 is 5.32 Å². The van der Waals surface area contributed by atoms with Gasteiger partial charge in [-0.25, -0.2) is 4.98 Å². The third-order valence-corrected chi connectivity index (χ3v) is 6.04. The largest absolute Gasteiger partial charge is 0.317 e. The van der Waals surface area contributed by atoms with Gasteiger partial charge >= 0.3 is 0 Å². The van der Waals surface area contributed by atoms with Crippen LogP contribution < -0.4 is 5.32 Å². The molecule has 2 aliphatic rings. The number of aryl methyl sites for hydroxylation is 1. The van der Waals surface area contributed by atoms with Crippen molar-refractivity contribution in [3.63, 3.8) is 0 Å². The molecule has 0 bridgehead atoms. The Hall–Kier alpha value is -0.970. The van der Waals surface area contributed by atoms with Crippen LogP contribution in [-0.2, 0) is 0 Å². The maximum absolute atomic E-state index is 4.94. The number of hydrogen-bond acceptors (Lipinski definition) is 4. The normalized spacial score (nSPS) is 24.9. The van der Waals surface area contributed by atoms with Gasteiger partial charge in [0.25, 0.3) is 0 Å². The van der Waals surface area contributed by atoms with Crippen LogP contribution in [0.15, 0.2) is 18.2 Å². The van der Waals surface area contributed by atoms with E-state index in [0.29, 0.717) is 6.04 Å². The Morgan fingerprint density at radius 3 is 2.95 bits per heavy atom. The molecule has 0 saturated carbocycles. The number of hydrogen-bond donors (Lipinski definition) is 1. The second kappa shape index (κ2) is 5.67. The van der Waals surface area contributed by atoms with Crippen molar-refractivity contribution in [2.45, 2.75) is 44.7 Å². The SMILES string of the molecule is Cc1ccc2nc(C3CCCN3C3CCNCC3)sc2c1. The van der Waals surface area contributed by atoms with Crippen molar-refractivity contribution in [2.24, 2.45) is 0 Å². The maximum atomic E-state index is 4.94. The monoisotopic (exact) mass is 301 g/mol. The average Bonchev–Trinajstić information content (AvgIpc) is 3.13. The van der Waals surface area contributed by atoms with Gasteiger partial charge in [-0.3, -0.25) is 4.90 Å². The Balaban J connectivity index is 1.63. The van der Waals surface area contributed by atoms with E-state index < -0.39 is 0 Å². The van der Waals surface area contributed by atoms with E-state index in [9.17, 15) is 0 Å². The lowest BCUT2D eigenvalue weighted by Crippen LogP contribution is -2.42. The zero-order valence-corrected chi connectivity index (χ0v) is 13.5. The molecule has 0 radical (unpaired) electrons. The number of likely N-dealkylation sites (tertiary alicyclic amines) is 1. The molecule has 3 heterocycles. The van der Waals surface area contributed by atoms with Gasteiger partial charge in [0.2, 0.25) is 0 Å². The molecule has 2 aliphatic heterocycles. The van der Waals surface area contributed by atoms with Gasteiger partial charge in [-0.2, -0.15) is 0 Å². The van der Waals surface area contributed by atoms with Crippen LogP contribution in [0.5, 0.6) is 0 Å². The van der Waals surface area contributed by atoms with E-state index in [4.69, 9.17) is 4.98 Å². The van der Waals surface area contributed by atoms with Gasteiger partial charge in [-0.1, -0.05) is 6.07 Å². The minimum Gasteiger partial charge on any atom is -0.317 e. The number of nitrogens with zero attached hydrogens (tertiary/aromatic N) is 2. The van der Waals surface area contributed by atoms with E-state index in [1.54, 1.807) is 0 Å². The zero-order chi connectivity index (χ0) is 14.2. The first-order valence-electron chi connectivity index (χ1n) is 8.15. The van der Waals surface area contributed by atoms with E-state index in [1.807, 2.05) is 11.3 Å². The highest BCUT2D eigenvalue weighted by Gasteiger charge is 2.34. The van der Waals surface area contributed by atoms with Crippen LogP contribution in [0.1, 0.15) is 42.3 Å². The molecule has 0 spiro atoms. The molecule has 1 aromatic heterocycles. The van der Waals surface area contributed by atoms with Crippen LogP contribution >= 0.6 is 11.3 Å². The van der Waals surface area contributed by atoms with Crippen molar-refractivity contribution in [1.82, 2.24) is 15.2 Å². The van der Waals surface area contributed by atoms with Gasteiger partial charge in [0, 0.05) is 6.04 Å². The molecule has 1 N–H and O–H groups in total. The summed E-state index contributed by atoms with van der Waals surface area (Å²) >= 11 is 1.91. The first kappa shape index (κ1) is 13.7. The zero-order valence-electron chi connectivity index (χ0n) is 12.6. The predicted molar refractivity (Wildman–Crippen MR) is 88.9 cm³/mol. The summed E-state index contributed by atoms with van der Waals surface area (Å²) in [6, 6.07) is 7.94. The molecule has 2 fully saturated rings. The highest BCUT2D eigenvalue weighted by molar-refractivity contribution is 7.18. The fourth-order valence-corrected chi connectivity index (χ4v) is 5.04. The quantitative estimate of drug-likeness (QED) is 0.920. The maximum Gasteiger partial charge on any atom is 0.111 e. The summed E-state index contributed by atoms with van der Waals surface area (Å²) in [4.78, 5) is 7.68. The molecule has 1 unspecified atom stereocenters. The second-order valence-electron chi connectivity index (χ2n) is 6.40. The van der Waals surface area contributed by atoms with Crippen molar-refractivity contribution in [3.8, 4) is 0 Å². The number of thiazole rings is 1. The van der Waals surface area contributed by atoms with E-state index in [2.05, 4.69) is 35.3 Å². The summed E-state index contributed by atoms with van der Waals surface area (Å²) < 4.78 is 1.35. The van der Waals surface area contributed by atoms with Crippen molar-refractivity contribution < 1.29 is 0 Å². The molecule has 4 rings (SSSR count). The molecule has 3 nitrogen and oxygen atoms in total. The van der Waals surface area contributed by atoms with Crippen LogP contribution in [0, 0.1) is 6.92 Å². The molecule has 1 atom stereocenters. The van der Waals surface area contributed by atoms with Gasteiger partial charge in [0.15, 0.2) is 0 Å². The number of fused-ring (bicyclic) bond motifs is 1. The second-order valence-corrected chi connectivity index (χ2v) is 7.46. The fourth-order valence-electron chi connectivity index (χ4n) is 3.82. The van der Waals surface area contributed by atoms with Gasteiger partial charge in [-0.15, -0.1) is 11.3 Å². The minimum atomic E-state index is 0.561. The summed E-state index contributed by atoms with van der Waals surface area (Å²) in [7, 11) is 0. The van der Waals surface area contributed by atoms with Gasteiger partial charge in [0.05, 0.1) is 16.3 Å². The topological polar surface area (TPSA) is 28.2 Å².